The average molecular weight is 377 g/mol. The fraction of sp³-hybridized carbons (Fsp3) is 0.600. The predicted octanol–water partition coefficient (Wildman–Crippen LogP) is 2.13. The zero-order chi connectivity index (χ0) is 19.4. The molecule has 0 unspecified atom stereocenters. The van der Waals surface area contributed by atoms with E-state index in [4.69, 9.17) is 4.74 Å². The van der Waals surface area contributed by atoms with Gasteiger partial charge in [-0.3, -0.25) is 9.59 Å². The number of carbonyl (C=O) groups excluding carboxylic acids is 2. The predicted molar refractivity (Wildman–Crippen MR) is 101 cm³/mol. The molecule has 0 atom stereocenters. The van der Waals surface area contributed by atoms with Crippen LogP contribution in [0.25, 0.3) is 0 Å². The molecule has 2 amide bonds. The van der Waals surface area contributed by atoms with Crippen molar-refractivity contribution in [3.63, 3.8) is 0 Å². The van der Waals surface area contributed by atoms with Crippen molar-refractivity contribution in [1.82, 2.24) is 9.80 Å². The Morgan fingerprint density at radius 3 is 2.41 bits per heavy atom. The quantitative estimate of drug-likeness (QED) is 0.789. The molecular weight excluding hydrogens is 349 g/mol. The van der Waals surface area contributed by atoms with Crippen LogP contribution >= 0.6 is 0 Å². The maximum absolute atomic E-state index is 13.9. The fourth-order valence-corrected chi connectivity index (χ4v) is 3.86. The van der Waals surface area contributed by atoms with Crippen LogP contribution in [-0.4, -0.2) is 68.5 Å². The monoisotopic (exact) mass is 377 g/mol. The maximum Gasteiger partial charge on any atom is 0.242 e. The molecule has 2 fully saturated rings. The van der Waals surface area contributed by atoms with Crippen molar-refractivity contribution in [1.29, 1.82) is 0 Å². The number of ether oxygens (including phenoxy) is 1. The number of likely N-dealkylation sites (tertiary alicyclic amines) is 2. The van der Waals surface area contributed by atoms with Crippen molar-refractivity contribution in [2.45, 2.75) is 25.7 Å². The highest BCUT2D eigenvalue weighted by atomic mass is 19.1. The first-order valence-electron chi connectivity index (χ1n) is 9.61. The molecular formula is C20H28FN3O3. The Labute approximate surface area is 159 Å². The largest absolute Gasteiger partial charge is 0.494 e. The summed E-state index contributed by atoms with van der Waals surface area (Å²) >= 11 is 0. The number of amides is 2. The van der Waals surface area contributed by atoms with Gasteiger partial charge in [-0.05, 0) is 37.8 Å². The van der Waals surface area contributed by atoms with Gasteiger partial charge >= 0.3 is 0 Å². The molecule has 7 heteroatoms. The Morgan fingerprint density at radius 2 is 1.81 bits per heavy atom. The number of halogens is 1. The SMILES string of the molecule is COc1ccc(N(C)CC(=O)N2CCC(C(=O)N3CCCC3)CC2)cc1F. The zero-order valence-corrected chi connectivity index (χ0v) is 16.1. The highest BCUT2D eigenvalue weighted by molar-refractivity contribution is 5.82. The van der Waals surface area contributed by atoms with Gasteiger partial charge in [0.1, 0.15) is 0 Å². The number of nitrogens with zero attached hydrogens (tertiary/aromatic N) is 3. The summed E-state index contributed by atoms with van der Waals surface area (Å²) in [4.78, 5) is 30.6. The highest BCUT2D eigenvalue weighted by Gasteiger charge is 2.31. The van der Waals surface area contributed by atoms with E-state index in [0.29, 0.717) is 18.8 Å². The van der Waals surface area contributed by atoms with Gasteiger partial charge in [0, 0.05) is 50.9 Å². The van der Waals surface area contributed by atoms with E-state index in [1.165, 1.54) is 13.2 Å². The Bertz CT molecular complexity index is 683. The number of likely N-dealkylation sites (N-methyl/N-ethyl adjacent to an activating group) is 1. The lowest BCUT2D eigenvalue weighted by Crippen LogP contribution is -2.46. The van der Waals surface area contributed by atoms with Gasteiger partial charge in [-0.1, -0.05) is 0 Å². The summed E-state index contributed by atoms with van der Waals surface area (Å²) < 4.78 is 18.8. The third-order valence-electron chi connectivity index (χ3n) is 5.56. The second-order valence-electron chi connectivity index (χ2n) is 7.36. The van der Waals surface area contributed by atoms with E-state index in [1.807, 2.05) is 9.80 Å². The van der Waals surface area contributed by atoms with Gasteiger partial charge in [-0.2, -0.15) is 0 Å². The van der Waals surface area contributed by atoms with Crippen molar-refractivity contribution < 1.29 is 18.7 Å². The van der Waals surface area contributed by atoms with Crippen molar-refractivity contribution in [3.05, 3.63) is 24.0 Å². The molecule has 1 aromatic carbocycles. The molecule has 0 saturated carbocycles. The molecule has 6 nitrogen and oxygen atoms in total. The number of methoxy groups -OCH3 is 1. The Hall–Kier alpha value is -2.31. The molecule has 0 aromatic heterocycles. The lowest BCUT2D eigenvalue weighted by atomic mass is 9.95. The number of hydrogen-bond acceptors (Lipinski definition) is 4. The minimum atomic E-state index is -0.449. The van der Waals surface area contributed by atoms with Crippen LogP contribution in [0.1, 0.15) is 25.7 Å². The third-order valence-corrected chi connectivity index (χ3v) is 5.56. The number of hydrogen-bond donors (Lipinski definition) is 0. The van der Waals surface area contributed by atoms with Crippen molar-refractivity contribution in [2.24, 2.45) is 5.92 Å². The second-order valence-corrected chi connectivity index (χ2v) is 7.36. The standard InChI is InChI=1S/C20H28FN3O3/c1-22(16-5-6-18(27-2)17(21)13-16)14-19(25)23-11-7-15(8-12-23)20(26)24-9-3-4-10-24/h5-6,13,15H,3-4,7-12,14H2,1-2H3. The van der Waals surface area contributed by atoms with Crippen molar-refractivity contribution in [2.75, 3.05) is 51.8 Å². The first-order chi connectivity index (χ1) is 13.0. The molecule has 0 N–H and O–H groups in total. The number of carbonyl (C=O) groups is 2. The van der Waals surface area contributed by atoms with E-state index in [0.717, 1.165) is 38.8 Å². The van der Waals surface area contributed by atoms with E-state index in [-0.39, 0.29) is 30.0 Å². The Kier molecular flexibility index (Phi) is 6.19. The van der Waals surface area contributed by atoms with Crippen molar-refractivity contribution in [3.8, 4) is 5.75 Å². The van der Waals surface area contributed by atoms with Gasteiger partial charge in [0.15, 0.2) is 11.6 Å². The summed E-state index contributed by atoms with van der Waals surface area (Å²) in [5.74, 6) is 0.0329. The molecule has 0 bridgehead atoms. The fourth-order valence-electron chi connectivity index (χ4n) is 3.86. The molecule has 27 heavy (non-hydrogen) atoms. The van der Waals surface area contributed by atoms with E-state index < -0.39 is 5.82 Å². The molecule has 0 aliphatic carbocycles. The van der Waals surface area contributed by atoms with Gasteiger partial charge in [0.05, 0.1) is 13.7 Å². The summed E-state index contributed by atoms with van der Waals surface area (Å²) in [6.07, 6.45) is 3.65. The van der Waals surface area contributed by atoms with Crippen LogP contribution in [0.15, 0.2) is 18.2 Å². The Balaban J connectivity index is 1.50. The number of piperidine rings is 1. The molecule has 3 rings (SSSR count). The molecule has 2 aliphatic rings. The third kappa shape index (κ3) is 4.51. The molecule has 1 aromatic rings. The summed E-state index contributed by atoms with van der Waals surface area (Å²) in [6.45, 7) is 3.14. The maximum atomic E-state index is 13.9. The van der Waals surface area contributed by atoms with Crippen molar-refractivity contribution >= 4 is 17.5 Å². The second kappa shape index (κ2) is 8.59. The summed E-state index contributed by atoms with van der Waals surface area (Å²) in [5, 5.41) is 0. The minimum Gasteiger partial charge on any atom is -0.494 e. The van der Waals surface area contributed by atoms with Gasteiger partial charge in [-0.15, -0.1) is 0 Å². The van der Waals surface area contributed by atoms with Crippen LogP contribution < -0.4 is 9.64 Å². The van der Waals surface area contributed by atoms with Crippen LogP contribution in [0, 0.1) is 11.7 Å². The van der Waals surface area contributed by atoms with Gasteiger partial charge in [0.2, 0.25) is 11.8 Å². The number of anilines is 1. The highest BCUT2D eigenvalue weighted by Crippen LogP contribution is 2.24. The van der Waals surface area contributed by atoms with Crippen LogP contribution in [0.3, 0.4) is 0 Å². The first kappa shape index (κ1) is 19.5. The molecule has 148 valence electrons. The summed E-state index contributed by atoms with van der Waals surface area (Å²) in [5.41, 5.74) is 0.626. The van der Waals surface area contributed by atoms with Gasteiger partial charge in [0.25, 0.3) is 0 Å². The first-order valence-corrected chi connectivity index (χ1v) is 9.61. The zero-order valence-electron chi connectivity index (χ0n) is 16.1. The van der Waals surface area contributed by atoms with E-state index >= 15 is 0 Å². The molecule has 2 heterocycles. The van der Waals surface area contributed by atoms with E-state index in [1.54, 1.807) is 24.1 Å². The smallest absolute Gasteiger partial charge is 0.242 e. The van der Waals surface area contributed by atoms with Crippen LogP contribution in [0.5, 0.6) is 5.75 Å². The van der Waals surface area contributed by atoms with Gasteiger partial charge in [-0.25, -0.2) is 4.39 Å². The van der Waals surface area contributed by atoms with E-state index in [9.17, 15) is 14.0 Å². The molecule has 0 radical (unpaired) electrons. The lowest BCUT2D eigenvalue weighted by molar-refractivity contribution is -0.139. The molecule has 0 spiro atoms. The summed E-state index contributed by atoms with van der Waals surface area (Å²) in [7, 11) is 3.19. The number of rotatable bonds is 5. The van der Waals surface area contributed by atoms with Gasteiger partial charge < -0.3 is 19.4 Å². The lowest BCUT2D eigenvalue weighted by Gasteiger charge is -2.34. The van der Waals surface area contributed by atoms with Crippen LogP contribution in [0.4, 0.5) is 10.1 Å². The Morgan fingerprint density at radius 1 is 1.15 bits per heavy atom. The topological polar surface area (TPSA) is 53.1 Å². The normalized spacial score (nSPS) is 17.9. The summed E-state index contributed by atoms with van der Waals surface area (Å²) in [6, 6.07) is 4.66. The van der Waals surface area contributed by atoms with Crippen LogP contribution in [0.2, 0.25) is 0 Å². The molecule has 2 saturated heterocycles. The van der Waals surface area contributed by atoms with E-state index in [2.05, 4.69) is 0 Å². The number of benzene rings is 1. The minimum absolute atomic E-state index is 0.000739. The molecule has 2 aliphatic heterocycles. The van der Waals surface area contributed by atoms with Crippen LogP contribution in [-0.2, 0) is 9.59 Å². The average Bonchev–Trinajstić information content (AvgIpc) is 3.22.